The van der Waals surface area contributed by atoms with Gasteiger partial charge in [-0.3, -0.25) is 0 Å². The predicted octanol–water partition coefficient (Wildman–Crippen LogP) is 2.67. The third kappa shape index (κ3) is 4.13. The Kier molecular flexibility index (Phi) is 4.06. The van der Waals surface area contributed by atoms with Crippen molar-refractivity contribution in [3.05, 3.63) is 24.3 Å². The van der Waals surface area contributed by atoms with Crippen LogP contribution in [0.15, 0.2) is 24.3 Å². The first-order valence-electron chi connectivity index (χ1n) is 4.49. The molecule has 1 aromatic rings. The molecule has 0 aliphatic rings. The number of anilines is 1. The van der Waals surface area contributed by atoms with Gasteiger partial charge in [0.25, 0.3) is 0 Å². The van der Waals surface area contributed by atoms with Crippen molar-refractivity contribution < 1.29 is 17.9 Å². The average Bonchev–Trinajstić information content (AvgIpc) is 2.23. The van der Waals surface area contributed by atoms with Crippen LogP contribution >= 0.6 is 0 Å². The van der Waals surface area contributed by atoms with Gasteiger partial charge in [-0.2, -0.15) is 13.2 Å². The first kappa shape index (κ1) is 12.2. The maximum absolute atomic E-state index is 11.9. The molecule has 0 bridgehead atoms. The molecular weight excluding hydrogens is 219 g/mol. The molecule has 0 aromatic heterocycles. The van der Waals surface area contributed by atoms with Gasteiger partial charge in [-0.15, -0.1) is 6.42 Å². The summed E-state index contributed by atoms with van der Waals surface area (Å²) >= 11 is 0. The summed E-state index contributed by atoms with van der Waals surface area (Å²) in [6.07, 6.45) is 0.688. The molecule has 1 N–H and O–H groups in total. The lowest BCUT2D eigenvalue weighted by Crippen LogP contribution is -2.19. The highest BCUT2D eigenvalue weighted by molar-refractivity contribution is 5.56. The van der Waals surface area contributed by atoms with Gasteiger partial charge >= 0.3 is 6.18 Å². The number of ether oxygens (including phenoxy) is 1. The summed E-state index contributed by atoms with van der Waals surface area (Å²) in [7, 11) is 0. The zero-order chi connectivity index (χ0) is 12.0. The van der Waals surface area contributed by atoms with Gasteiger partial charge in [0, 0.05) is 0 Å². The first-order chi connectivity index (χ1) is 7.53. The minimum absolute atomic E-state index is 0.134. The van der Waals surface area contributed by atoms with E-state index in [-0.39, 0.29) is 12.3 Å². The van der Waals surface area contributed by atoms with Crippen molar-refractivity contribution in [3.63, 3.8) is 0 Å². The lowest BCUT2D eigenvalue weighted by atomic mass is 10.3. The summed E-state index contributed by atoms with van der Waals surface area (Å²) in [5, 5.41) is 2.77. The summed E-state index contributed by atoms with van der Waals surface area (Å²) < 4.78 is 40.5. The minimum atomic E-state index is -4.35. The van der Waals surface area contributed by atoms with Crippen LogP contribution in [-0.4, -0.2) is 19.3 Å². The Bertz CT molecular complexity index is 382. The largest absolute Gasteiger partial charge is 0.482 e. The Balaban J connectivity index is 2.68. The predicted molar refractivity (Wildman–Crippen MR) is 55.3 cm³/mol. The number of halogens is 3. The second kappa shape index (κ2) is 5.31. The van der Waals surface area contributed by atoms with Gasteiger partial charge in [-0.05, 0) is 12.1 Å². The number of terminal acetylenes is 1. The van der Waals surface area contributed by atoms with Gasteiger partial charge in [-0.25, -0.2) is 0 Å². The van der Waals surface area contributed by atoms with Crippen LogP contribution in [0.1, 0.15) is 0 Å². The van der Waals surface area contributed by atoms with E-state index in [1.807, 2.05) is 0 Å². The molecule has 1 aromatic carbocycles. The van der Waals surface area contributed by atoms with Crippen molar-refractivity contribution in [2.75, 3.05) is 18.5 Å². The van der Waals surface area contributed by atoms with Crippen LogP contribution in [0.25, 0.3) is 0 Å². The first-order valence-corrected chi connectivity index (χ1v) is 4.49. The van der Waals surface area contributed by atoms with Crippen LogP contribution in [0.5, 0.6) is 5.75 Å². The van der Waals surface area contributed by atoms with E-state index in [1.54, 1.807) is 18.2 Å². The average molecular weight is 229 g/mol. The zero-order valence-electron chi connectivity index (χ0n) is 8.34. The molecule has 0 aliphatic carbocycles. The van der Waals surface area contributed by atoms with E-state index in [0.29, 0.717) is 5.69 Å². The van der Waals surface area contributed by atoms with E-state index >= 15 is 0 Å². The molecule has 1 rings (SSSR count). The van der Waals surface area contributed by atoms with Crippen LogP contribution in [0.3, 0.4) is 0 Å². The van der Waals surface area contributed by atoms with Gasteiger partial charge in [0.05, 0.1) is 12.2 Å². The van der Waals surface area contributed by atoms with Crippen molar-refractivity contribution in [2.45, 2.75) is 6.18 Å². The van der Waals surface area contributed by atoms with Crippen molar-refractivity contribution >= 4 is 5.69 Å². The third-order valence-corrected chi connectivity index (χ3v) is 1.66. The van der Waals surface area contributed by atoms with E-state index < -0.39 is 12.8 Å². The van der Waals surface area contributed by atoms with Crippen LogP contribution in [-0.2, 0) is 0 Å². The molecule has 0 aliphatic heterocycles. The molecule has 0 spiro atoms. The van der Waals surface area contributed by atoms with Crippen LogP contribution in [0.4, 0.5) is 18.9 Å². The van der Waals surface area contributed by atoms with Gasteiger partial charge in [0.15, 0.2) is 6.61 Å². The SMILES string of the molecule is C#CCNc1ccccc1OCC(F)(F)F. The number of alkyl halides is 3. The molecule has 0 atom stereocenters. The van der Waals surface area contributed by atoms with Gasteiger partial charge in [0.2, 0.25) is 0 Å². The van der Waals surface area contributed by atoms with E-state index in [4.69, 9.17) is 6.42 Å². The minimum Gasteiger partial charge on any atom is -0.482 e. The fourth-order valence-corrected chi connectivity index (χ4v) is 1.04. The standard InChI is InChI=1S/C11H10F3NO/c1-2-7-15-9-5-3-4-6-10(9)16-8-11(12,13)14/h1,3-6,15H,7-8H2. The number of para-hydroxylation sites is 2. The lowest BCUT2D eigenvalue weighted by Gasteiger charge is -2.13. The topological polar surface area (TPSA) is 21.3 Å². The molecule has 0 saturated heterocycles. The van der Waals surface area contributed by atoms with Crippen molar-refractivity contribution in [2.24, 2.45) is 0 Å². The molecule has 16 heavy (non-hydrogen) atoms. The van der Waals surface area contributed by atoms with E-state index in [2.05, 4.69) is 16.0 Å². The van der Waals surface area contributed by atoms with Crippen LogP contribution < -0.4 is 10.1 Å². The molecule has 0 heterocycles. The fourth-order valence-electron chi connectivity index (χ4n) is 1.04. The molecule has 0 radical (unpaired) electrons. The maximum Gasteiger partial charge on any atom is 0.422 e. The van der Waals surface area contributed by atoms with Crippen LogP contribution in [0.2, 0.25) is 0 Å². The van der Waals surface area contributed by atoms with Crippen LogP contribution in [0, 0.1) is 12.3 Å². The van der Waals surface area contributed by atoms with Crippen molar-refractivity contribution in [1.82, 2.24) is 0 Å². The second-order valence-corrected chi connectivity index (χ2v) is 2.96. The zero-order valence-corrected chi connectivity index (χ0v) is 8.34. The quantitative estimate of drug-likeness (QED) is 0.801. The second-order valence-electron chi connectivity index (χ2n) is 2.96. The molecule has 0 fully saturated rings. The molecule has 5 heteroatoms. The molecule has 2 nitrogen and oxygen atoms in total. The summed E-state index contributed by atoms with van der Waals surface area (Å²) in [5.74, 6) is 2.46. The van der Waals surface area contributed by atoms with E-state index in [9.17, 15) is 13.2 Å². The third-order valence-electron chi connectivity index (χ3n) is 1.66. The Morgan fingerprint density at radius 3 is 2.62 bits per heavy atom. The number of hydrogen-bond acceptors (Lipinski definition) is 2. The fraction of sp³-hybridized carbons (Fsp3) is 0.273. The lowest BCUT2D eigenvalue weighted by molar-refractivity contribution is -0.153. The van der Waals surface area contributed by atoms with Crippen molar-refractivity contribution in [1.29, 1.82) is 0 Å². The van der Waals surface area contributed by atoms with Gasteiger partial charge in [-0.1, -0.05) is 18.1 Å². The molecule has 0 saturated carbocycles. The maximum atomic E-state index is 11.9. The molecule has 86 valence electrons. The van der Waals surface area contributed by atoms with Gasteiger partial charge in [0.1, 0.15) is 5.75 Å². The summed E-state index contributed by atoms with van der Waals surface area (Å²) in [6.45, 7) is -1.09. The smallest absolute Gasteiger partial charge is 0.422 e. The normalized spacial score (nSPS) is 10.6. The summed E-state index contributed by atoms with van der Waals surface area (Å²) in [5.41, 5.74) is 0.449. The Morgan fingerprint density at radius 2 is 2.00 bits per heavy atom. The van der Waals surface area contributed by atoms with E-state index in [0.717, 1.165) is 0 Å². The molecular formula is C11H10F3NO. The Labute approximate surface area is 91.4 Å². The monoisotopic (exact) mass is 229 g/mol. The summed E-state index contributed by atoms with van der Waals surface area (Å²) in [4.78, 5) is 0. The van der Waals surface area contributed by atoms with Crippen molar-refractivity contribution in [3.8, 4) is 18.1 Å². The van der Waals surface area contributed by atoms with Gasteiger partial charge < -0.3 is 10.1 Å². The highest BCUT2D eigenvalue weighted by Gasteiger charge is 2.28. The Morgan fingerprint density at radius 1 is 1.31 bits per heavy atom. The number of rotatable bonds is 4. The number of hydrogen-bond donors (Lipinski definition) is 1. The summed E-state index contributed by atoms with van der Waals surface area (Å²) in [6, 6.07) is 6.32. The highest BCUT2D eigenvalue weighted by Crippen LogP contribution is 2.25. The molecule has 0 amide bonds. The van der Waals surface area contributed by atoms with E-state index in [1.165, 1.54) is 6.07 Å². The number of nitrogens with one attached hydrogen (secondary N) is 1. The highest BCUT2D eigenvalue weighted by atomic mass is 19.4. The Hall–Kier alpha value is -1.83. The number of benzene rings is 1. The molecule has 0 unspecified atom stereocenters.